The van der Waals surface area contributed by atoms with Crippen LogP contribution >= 0.6 is 0 Å². The number of rotatable bonds is 5. The third-order valence-corrected chi connectivity index (χ3v) is 1.09. The van der Waals surface area contributed by atoms with Crippen LogP contribution in [0.5, 0.6) is 0 Å². The van der Waals surface area contributed by atoms with Gasteiger partial charge < -0.3 is 5.32 Å². The van der Waals surface area contributed by atoms with Gasteiger partial charge in [0.2, 0.25) is 0 Å². The molecule has 10 heavy (non-hydrogen) atoms. The summed E-state index contributed by atoms with van der Waals surface area (Å²) in [5, 5.41) is 2.74. The minimum atomic E-state index is 0.0592. The Morgan fingerprint density at radius 2 is 1.90 bits per heavy atom. The van der Waals surface area contributed by atoms with E-state index in [4.69, 9.17) is 0 Å². The van der Waals surface area contributed by atoms with Gasteiger partial charge in [-0.05, 0) is 6.92 Å². The molecule has 0 fully saturated rings. The lowest BCUT2D eigenvalue weighted by molar-refractivity contribution is -0.118. The van der Waals surface area contributed by atoms with E-state index in [1.807, 2.05) is 0 Å². The third-order valence-electron chi connectivity index (χ3n) is 1.09. The maximum absolute atomic E-state index is 10.6. The van der Waals surface area contributed by atoms with E-state index in [0.29, 0.717) is 19.5 Å². The van der Waals surface area contributed by atoms with Crippen LogP contribution in [-0.4, -0.2) is 24.7 Å². The van der Waals surface area contributed by atoms with Crippen LogP contribution in [0.1, 0.15) is 20.3 Å². The Morgan fingerprint density at radius 1 is 1.30 bits per heavy atom. The molecule has 0 rings (SSSR count). The maximum atomic E-state index is 10.6. The van der Waals surface area contributed by atoms with Gasteiger partial charge in [-0.25, -0.2) is 0 Å². The molecule has 0 atom stereocenters. The number of carbonyl (C=O) groups excluding carboxylic acids is 2. The molecule has 0 heterocycles. The lowest BCUT2D eigenvalue weighted by Crippen LogP contribution is -2.26. The van der Waals surface area contributed by atoms with Gasteiger partial charge in [0.05, 0.1) is 13.1 Å². The van der Waals surface area contributed by atoms with Crippen LogP contribution in [-0.2, 0) is 9.59 Å². The van der Waals surface area contributed by atoms with Crippen molar-refractivity contribution in [3.05, 3.63) is 0 Å². The topological polar surface area (TPSA) is 46.2 Å². The van der Waals surface area contributed by atoms with E-state index in [-0.39, 0.29) is 11.6 Å². The second-order valence-electron chi connectivity index (χ2n) is 2.20. The second-order valence-corrected chi connectivity index (χ2v) is 2.20. The summed E-state index contributed by atoms with van der Waals surface area (Å²) < 4.78 is 0. The average Bonchev–Trinajstić information content (AvgIpc) is 1.87. The van der Waals surface area contributed by atoms with Crippen molar-refractivity contribution in [3.8, 4) is 0 Å². The van der Waals surface area contributed by atoms with Crippen molar-refractivity contribution >= 4 is 11.6 Å². The van der Waals surface area contributed by atoms with Crippen LogP contribution in [0.3, 0.4) is 0 Å². The Balaban J connectivity index is 3.20. The zero-order chi connectivity index (χ0) is 7.98. The molecule has 0 bridgehead atoms. The van der Waals surface area contributed by atoms with E-state index in [1.165, 1.54) is 6.92 Å². The van der Waals surface area contributed by atoms with E-state index < -0.39 is 0 Å². The van der Waals surface area contributed by atoms with Gasteiger partial charge >= 0.3 is 0 Å². The van der Waals surface area contributed by atoms with Crippen LogP contribution in [0.4, 0.5) is 0 Å². The summed E-state index contributed by atoms with van der Waals surface area (Å²) in [6.07, 6.45) is 0.533. The smallest absolute Gasteiger partial charge is 0.146 e. The average molecular weight is 143 g/mol. The molecule has 0 saturated heterocycles. The monoisotopic (exact) mass is 143 g/mol. The highest BCUT2D eigenvalue weighted by molar-refractivity contribution is 5.82. The Morgan fingerprint density at radius 3 is 2.30 bits per heavy atom. The fraction of sp³-hybridized carbons (Fsp3) is 0.714. The van der Waals surface area contributed by atoms with Crippen molar-refractivity contribution in [2.24, 2.45) is 0 Å². The SMILES string of the molecule is CCC(=O)CNCC(C)=O. The number of ketones is 2. The molecule has 1 N–H and O–H groups in total. The molecule has 0 spiro atoms. The molecule has 0 unspecified atom stereocenters. The lowest BCUT2D eigenvalue weighted by Gasteiger charge is -1.97. The molecule has 3 heteroatoms. The predicted octanol–water partition coefficient (Wildman–Crippen LogP) is 0.144. The fourth-order valence-electron chi connectivity index (χ4n) is 0.503. The third kappa shape index (κ3) is 5.44. The van der Waals surface area contributed by atoms with Crippen molar-refractivity contribution in [2.45, 2.75) is 20.3 Å². The lowest BCUT2D eigenvalue weighted by atomic mass is 10.3. The van der Waals surface area contributed by atoms with Gasteiger partial charge in [0.25, 0.3) is 0 Å². The summed E-state index contributed by atoms with van der Waals surface area (Å²) in [4.78, 5) is 21.0. The first-order valence-electron chi connectivity index (χ1n) is 3.38. The Hall–Kier alpha value is -0.700. The Kier molecular flexibility index (Phi) is 4.76. The fourth-order valence-corrected chi connectivity index (χ4v) is 0.503. The molecule has 0 amide bonds. The molecule has 0 radical (unpaired) electrons. The van der Waals surface area contributed by atoms with Gasteiger partial charge in [-0.1, -0.05) is 6.92 Å². The number of hydrogen-bond acceptors (Lipinski definition) is 3. The highest BCUT2D eigenvalue weighted by Gasteiger charge is 1.97. The highest BCUT2D eigenvalue weighted by atomic mass is 16.1. The van der Waals surface area contributed by atoms with Gasteiger partial charge in [-0.15, -0.1) is 0 Å². The van der Waals surface area contributed by atoms with Crippen molar-refractivity contribution in [2.75, 3.05) is 13.1 Å². The van der Waals surface area contributed by atoms with Crippen molar-refractivity contribution in [1.82, 2.24) is 5.32 Å². The standard InChI is InChI=1S/C7H13NO2/c1-3-7(10)5-8-4-6(2)9/h8H,3-5H2,1-2H3. The molecule has 0 saturated carbocycles. The Bertz CT molecular complexity index is 132. The van der Waals surface area contributed by atoms with E-state index in [2.05, 4.69) is 5.32 Å². The van der Waals surface area contributed by atoms with E-state index in [9.17, 15) is 9.59 Å². The van der Waals surface area contributed by atoms with Crippen LogP contribution < -0.4 is 5.32 Å². The van der Waals surface area contributed by atoms with Crippen LogP contribution in [0, 0.1) is 0 Å². The summed E-state index contributed by atoms with van der Waals surface area (Å²) in [5.74, 6) is 0.199. The zero-order valence-electron chi connectivity index (χ0n) is 6.44. The summed E-state index contributed by atoms with van der Waals surface area (Å²) >= 11 is 0. The molecular formula is C7H13NO2. The van der Waals surface area contributed by atoms with Gasteiger partial charge in [-0.2, -0.15) is 0 Å². The first-order chi connectivity index (χ1) is 4.66. The molecule has 0 aromatic carbocycles. The maximum Gasteiger partial charge on any atom is 0.146 e. The number of nitrogens with one attached hydrogen (secondary N) is 1. The largest absolute Gasteiger partial charge is 0.303 e. The quantitative estimate of drug-likeness (QED) is 0.595. The molecule has 0 aliphatic heterocycles. The highest BCUT2D eigenvalue weighted by Crippen LogP contribution is 1.76. The second kappa shape index (κ2) is 5.11. The zero-order valence-corrected chi connectivity index (χ0v) is 6.44. The summed E-state index contributed by atoms with van der Waals surface area (Å²) in [6.45, 7) is 3.91. The van der Waals surface area contributed by atoms with Gasteiger partial charge in [0, 0.05) is 6.42 Å². The molecule has 0 aliphatic rings. The predicted molar refractivity (Wildman–Crippen MR) is 38.8 cm³/mol. The number of hydrogen-bond donors (Lipinski definition) is 1. The van der Waals surface area contributed by atoms with Crippen molar-refractivity contribution in [1.29, 1.82) is 0 Å². The molecule has 0 aliphatic carbocycles. The van der Waals surface area contributed by atoms with Crippen LogP contribution in [0.15, 0.2) is 0 Å². The minimum Gasteiger partial charge on any atom is -0.303 e. The number of Topliss-reactive ketones (excluding diaryl/α,β-unsaturated/α-hetero) is 2. The van der Waals surface area contributed by atoms with Gasteiger partial charge in [-0.3, -0.25) is 9.59 Å². The minimum absolute atomic E-state index is 0.0592. The van der Waals surface area contributed by atoms with Crippen molar-refractivity contribution in [3.63, 3.8) is 0 Å². The summed E-state index contributed by atoms with van der Waals surface area (Å²) in [6, 6.07) is 0. The molecule has 3 nitrogen and oxygen atoms in total. The molecule has 0 aromatic rings. The van der Waals surface area contributed by atoms with Gasteiger partial charge in [0.15, 0.2) is 0 Å². The molecule has 0 aromatic heterocycles. The van der Waals surface area contributed by atoms with Crippen LogP contribution in [0.2, 0.25) is 0 Å². The van der Waals surface area contributed by atoms with E-state index in [1.54, 1.807) is 6.92 Å². The summed E-state index contributed by atoms with van der Waals surface area (Å²) in [7, 11) is 0. The Labute approximate surface area is 60.8 Å². The van der Waals surface area contributed by atoms with Crippen LogP contribution in [0.25, 0.3) is 0 Å². The first kappa shape index (κ1) is 9.30. The number of carbonyl (C=O) groups is 2. The molecular weight excluding hydrogens is 130 g/mol. The van der Waals surface area contributed by atoms with Crippen molar-refractivity contribution < 1.29 is 9.59 Å². The van der Waals surface area contributed by atoms with E-state index >= 15 is 0 Å². The molecule has 58 valence electrons. The van der Waals surface area contributed by atoms with E-state index in [0.717, 1.165) is 0 Å². The first-order valence-corrected chi connectivity index (χ1v) is 3.38. The summed E-state index contributed by atoms with van der Waals surface area (Å²) in [5.41, 5.74) is 0. The normalized spacial score (nSPS) is 9.40. The van der Waals surface area contributed by atoms with Gasteiger partial charge in [0.1, 0.15) is 11.6 Å².